The molecule has 0 aliphatic rings. The van der Waals surface area contributed by atoms with Crippen molar-refractivity contribution in [3.8, 4) is 0 Å². The first-order valence-corrected chi connectivity index (χ1v) is 6.80. The van der Waals surface area contributed by atoms with Gasteiger partial charge in [-0.1, -0.05) is 17.7 Å². The molecule has 1 N–H and O–H groups in total. The van der Waals surface area contributed by atoms with Crippen molar-refractivity contribution in [3.05, 3.63) is 58.4 Å². The zero-order valence-corrected chi connectivity index (χ0v) is 13.2. The second-order valence-electron chi connectivity index (χ2n) is 4.32. The molecule has 1 amide bonds. The molecule has 9 heteroatoms. The van der Waals surface area contributed by atoms with Crippen LogP contribution in [0, 0.1) is 0 Å². The van der Waals surface area contributed by atoms with E-state index in [9.17, 15) is 22.8 Å². The highest BCUT2D eigenvalue weighted by Crippen LogP contribution is 2.35. The van der Waals surface area contributed by atoms with Gasteiger partial charge in [0.2, 0.25) is 0 Å². The molecule has 1 aromatic carbocycles. The minimum Gasteiger partial charge on any atom is -0.393 e. The Labute approximate surface area is 141 Å². The van der Waals surface area contributed by atoms with Gasteiger partial charge in [-0.3, -0.25) is 9.59 Å². The smallest absolute Gasteiger partial charge is 0.393 e. The van der Waals surface area contributed by atoms with E-state index in [2.05, 4.69) is 17.1 Å². The number of alkyl halides is 3. The van der Waals surface area contributed by atoms with Gasteiger partial charge in [0.15, 0.2) is 6.29 Å². The fraction of sp³-hybridized carbons (Fsp3) is 0.133. The highest BCUT2D eigenvalue weighted by molar-refractivity contribution is 6.34. The molecule has 5 nitrogen and oxygen atoms in total. The van der Waals surface area contributed by atoms with Crippen LogP contribution in [-0.2, 0) is 11.0 Å². The number of nitrogens with zero attached hydrogens (tertiary/aromatic N) is 2. The molecule has 0 aliphatic carbocycles. The summed E-state index contributed by atoms with van der Waals surface area (Å²) in [5.74, 6) is -1.13. The first-order valence-electron chi connectivity index (χ1n) is 6.43. The van der Waals surface area contributed by atoms with Gasteiger partial charge in [0.1, 0.15) is 0 Å². The lowest BCUT2D eigenvalue weighted by molar-refractivity contribution is -0.138. The SMILES string of the molecule is C=NN(/C=C/C(C=O)=C\NC)C(=O)c1c(Cl)cccc1C(F)(F)F. The summed E-state index contributed by atoms with van der Waals surface area (Å²) in [6.07, 6.45) is -0.774. The van der Waals surface area contributed by atoms with E-state index in [0.717, 1.165) is 24.4 Å². The van der Waals surface area contributed by atoms with Crippen LogP contribution in [0.4, 0.5) is 13.2 Å². The average molecular weight is 360 g/mol. The summed E-state index contributed by atoms with van der Waals surface area (Å²) in [7, 11) is 1.55. The van der Waals surface area contributed by atoms with Gasteiger partial charge in [-0.05, 0) is 18.2 Å². The van der Waals surface area contributed by atoms with Crippen molar-refractivity contribution >= 4 is 30.5 Å². The molecule has 1 aromatic rings. The summed E-state index contributed by atoms with van der Waals surface area (Å²) >= 11 is 5.76. The Morgan fingerprint density at radius 1 is 1.42 bits per heavy atom. The highest BCUT2D eigenvalue weighted by atomic mass is 35.5. The molecule has 0 saturated heterocycles. The van der Waals surface area contributed by atoms with Crippen LogP contribution in [0.25, 0.3) is 0 Å². The van der Waals surface area contributed by atoms with E-state index in [1.807, 2.05) is 0 Å². The van der Waals surface area contributed by atoms with E-state index in [-0.39, 0.29) is 10.6 Å². The first-order chi connectivity index (χ1) is 11.3. The van der Waals surface area contributed by atoms with E-state index < -0.39 is 23.2 Å². The number of aldehydes is 1. The Bertz CT molecular complexity index is 700. The highest BCUT2D eigenvalue weighted by Gasteiger charge is 2.37. The molecule has 128 valence electrons. The Morgan fingerprint density at radius 3 is 2.58 bits per heavy atom. The van der Waals surface area contributed by atoms with Crippen molar-refractivity contribution in [2.24, 2.45) is 5.10 Å². The number of rotatable bonds is 6. The summed E-state index contributed by atoms with van der Waals surface area (Å²) < 4.78 is 39.2. The fourth-order valence-electron chi connectivity index (χ4n) is 1.72. The maximum Gasteiger partial charge on any atom is 0.417 e. The Hall–Kier alpha value is -2.61. The molecule has 0 aromatic heterocycles. The molecule has 0 saturated carbocycles. The normalized spacial score (nSPS) is 12.1. The lowest BCUT2D eigenvalue weighted by atomic mass is 10.1. The Kier molecular flexibility index (Phi) is 6.72. The van der Waals surface area contributed by atoms with Crippen molar-refractivity contribution in [1.29, 1.82) is 0 Å². The number of allylic oxidation sites excluding steroid dienone is 2. The molecule has 0 atom stereocenters. The zero-order chi connectivity index (χ0) is 18.3. The topological polar surface area (TPSA) is 61.8 Å². The Morgan fingerprint density at radius 2 is 2.08 bits per heavy atom. The van der Waals surface area contributed by atoms with E-state index in [0.29, 0.717) is 11.3 Å². The van der Waals surface area contributed by atoms with Crippen LogP contribution in [0.2, 0.25) is 5.02 Å². The number of carbonyl (C=O) groups is 2. The third-order valence-corrected chi connectivity index (χ3v) is 3.06. The molecule has 0 unspecified atom stereocenters. The second kappa shape index (κ2) is 8.30. The van der Waals surface area contributed by atoms with Crippen LogP contribution >= 0.6 is 11.6 Å². The van der Waals surface area contributed by atoms with Crippen LogP contribution in [0.15, 0.2) is 47.3 Å². The number of nitrogens with one attached hydrogen (secondary N) is 1. The lowest BCUT2D eigenvalue weighted by Gasteiger charge is -2.17. The number of amides is 1. The van der Waals surface area contributed by atoms with E-state index >= 15 is 0 Å². The summed E-state index contributed by atoms with van der Waals surface area (Å²) in [6.45, 7) is 3.13. The number of hydrogen-bond donors (Lipinski definition) is 1. The molecular formula is C15H13ClF3N3O2. The largest absolute Gasteiger partial charge is 0.417 e. The fourth-order valence-corrected chi connectivity index (χ4v) is 1.97. The molecule has 0 aliphatic heterocycles. The minimum atomic E-state index is -4.77. The average Bonchev–Trinajstić information content (AvgIpc) is 2.52. The van der Waals surface area contributed by atoms with Crippen molar-refractivity contribution < 1.29 is 22.8 Å². The lowest BCUT2D eigenvalue weighted by Crippen LogP contribution is -2.24. The molecule has 1 rings (SSSR count). The van der Waals surface area contributed by atoms with Gasteiger partial charge < -0.3 is 5.32 Å². The molecule has 0 fully saturated rings. The predicted molar refractivity (Wildman–Crippen MR) is 84.5 cm³/mol. The molecule has 0 heterocycles. The van der Waals surface area contributed by atoms with Gasteiger partial charge in [-0.2, -0.15) is 18.3 Å². The van der Waals surface area contributed by atoms with Crippen molar-refractivity contribution in [2.45, 2.75) is 6.18 Å². The monoisotopic (exact) mass is 359 g/mol. The standard InChI is InChI=1S/C15H13ClF3N3O2/c1-20-8-10(9-23)6-7-22(21-2)14(24)13-11(15(17,18)19)4-3-5-12(13)16/h3-9,20H,2H2,1H3/b7-6+,10-8+. The van der Waals surface area contributed by atoms with E-state index in [4.69, 9.17) is 11.6 Å². The number of carbonyl (C=O) groups excluding carboxylic acids is 2. The minimum absolute atomic E-state index is 0.133. The number of hydrogen-bond acceptors (Lipinski definition) is 4. The van der Waals surface area contributed by atoms with Gasteiger partial charge >= 0.3 is 6.18 Å². The van der Waals surface area contributed by atoms with Crippen molar-refractivity contribution in [1.82, 2.24) is 10.3 Å². The van der Waals surface area contributed by atoms with Crippen LogP contribution < -0.4 is 5.32 Å². The van der Waals surface area contributed by atoms with Crippen LogP contribution in [0.3, 0.4) is 0 Å². The van der Waals surface area contributed by atoms with Crippen LogP contribution in [-0.4, -0.2) is 31.0 Å². The van der Waals surface area contributed by atoms with Crippen molar-refractivity contribution in [3.63, 3.8) is 0 Å². The summed E-state index contributed by atoms with van der Waals surface area (Å²) in [5.41, 5.74) is -1.81. The third kappa shape index (κ3) is 4.69. The maximum absolute atomic E-state index is 13.1. The third-order valence-electron chi connectivity index (χ3n) is 2.75. The van der Waals surface area contributed by atoms with E-state index in [1.165, 1.54) is 12.3 Å². The number of hydrazone groups is 1. The van der Waals surface area contributed by atoms with Gasteiger partial charge in [0.05, 0.1) is 16.1 Å². The van der Waals surface area contributed by atoms with Crippen LogP contribution in [0.1, 0.15) is 15.9 Å². The quantitative estimate of drug-likeness (QED) is 0.279. The van der Waals surface area contributed by atoms with Crippen LogP contribution in [0.5, 0.6) is 0 Å². The number of benzene rings is 1. The van der Waals surface area contributed by atoms with Gasteiger partial charge in [-0.25, -0.2) is 5.01 Å². The first kappa shape index (κ1) is 19.4. The molecular weight excluding hydrogens is 347 g/mol. The Balaban J connectivity index is 3.29. The second-order valence-corrected chi connectivity index (χ2v) is 4.73. The van der Waals surface area contributed by atoms with E-state index in [1.54, 1.807) is 7.05 Å². The molecule has 24 heavy (non-hydrogen) atoms. The summed E-state index contributed by atoms with van der Waals surface area (Å²) in [4.78, 5) is 23.2. The van der Waals surface area contributed by atoms with Gasteiger partial charge in [0, 0.05) is 31.7 Å². The molecule has 0 spiro atoms. The van der Waals surface area contributed by atoms with Gasteiger partial charge in [0.25, 0.3) is 5.91 Å². The molecule has 0 radical (unpaired) electrons. The van der Waals surface area contributed by atoms with Gasteiger partial charge in [-0.15, -0.1) is 0 Å². The summed E-state index contributed by atoms with van der Waals surface area (Å²) in [5, 5.41) is 6.13. The maximum atomic E-state index is 13.1. The zero-order valence-electron chi connectivity index (χ0n) is 12.5. The summed E-state index contributed by atoms with van der Waals surface area (Å²) in [6, 6.07) is 2.98. The van der Waals surface area contributed by atoms with Crippen molar-refractivity contribution in [2.75, 3.05) is 7.05 Å². The molecule has 0 bridgehead atoms. The number of halogens is 4. The predicted octanol–water partition coefficient (Wildman–Crippen LogP) is 3.23.